The summed E-state index contributed by atoms with van der Waals surface area (Å²) in [6, 6.07) is 0. The first-order valence-electron chi connectivity index (χ1n) is 3.11. The standard InChI is InChI=1S/C7H12O/c1-3-4-5-7-6(2)8-7/h3,6-7H,1,4-5H2,2H3. The van der Waals surface area contributed by atoms with E-state index >= 15 is 0 Å². The summed E-state index contributed by atoms with van der Waals surface area (Å²) in [6.07, 6.45) is 5.26. The summed E-state index contributed by atoms with van der Waals surface area (Å²) in [7, 11) is 0. The Kier molecular flexibility index (Phi) is 1.69. The molecule has 0 N–H and O–H groups in total. The van der Waals surface area contributed by atoms with Crippen LogP contribution in [-0.2, 0) is 4.74 Å². The van der Waals surface area contributed by atoms with Crippen LogP contribution in [0.5, 0.6) is 0 Å². The van der Waals surface area contributed by atoms with Gasteiger partial charge >= 0.3 is 0 Å². The second-order valence-corrected chi connectivity index (χ2v) is 2.25. The molecule has 46 valence electrons. The molecule has 0 bridgehead atoms. The highest BCUT2D eigenvalue weighted by Gasteiger charge is 2.32. The fraction of sp³-hybridized carbons (Fsp3) is 0.714. The van der Waals surface area contributed by atoms with Crippen molar-refractivity contribution >= 4 is 0 Å². The van der Waals surface area contributed by atoms with Crippen LogP contribution in [0.2, 0.25) is 0 Å². The van der Waals surface area contributed by atoms with Crippen molar-refractivity contribution < 1.29 is 4.74 Å². The molecular weight excluding hydrogens is 100 g/mol. The van der Waals surface area contributed by atoms with Crippen LogP contribution in [0.3, 0.4) is 0 Å². The van der Waals surface area contributed by atoms with Crippen LogP contribution in [0.4, 0.5) is 0 Å². The Bertz CT molecular complexity index is 88.4. The summed E-state index contributed by atoms with van der Waals surface area (Å²) in [4.78, 5) is 0. The smallest absolute Gasteiger partial charge is 0.0842 e. The quantitative estimate of drug-likeness (QED) is 0.400. The van der Waals surface area contributed by atoms with E-state index in [1.54, 1.807) is 0 Å². The molecule has 0 aromatic heterocycles. The fourth-order valence-corrected chi connectivity index (χ4v) is 0.815. The van der Waals surface area contributed by atoms with Crippen LogP contribution < -0.4 is 0 Å². The molecule has 0 amide bonds. The van der Waals surface area contributed by atoms with Crippen LogP contribution >= 0.6 is 0 Å². The van der Waals surface area contributed by atoms with Gasteiger partial charge in [0.2, 0.25) is 0 Å². The lowest BCUT2D eigenvalue weighted by molar-refractivity contribution is 0.371. The lowest BCUT2D eigenvalue weighted by atomic mass is 10.2. The SMILES string of the molecule is C=CCCC1OC1C. The van der Waals surface area contributed by atoms with Crippen molar-refractivity contribution in [3.05, 3.63) is 12.7 Å². The molecule has 0 aromatic carbocycles. The van der Waals surface area contributed by atoms with Gasteiger partial charge < -0.3 is 4.74 Å². The summed E-state index contributed by atoms with van der Waals surface area (Å²) in [6.45, 7) is 5.73. The highest BCUT2D eigenvalue weighted by molar-refractivity contribution is 4.82. The van der Waals surface area contributed by atoms with Crippen molar-refractivity contribution in [2.75, 3.05) is 0 Å². The third-order valence-electron chi connectivity index (χ3n) is 1.49. The molecule has 1 aliphatic heterocycles. The summed E-state index contributed by atoms with van der Waals surface area (Å²) in [5.41, 5.74) is 0. The minimum atomic E-state index is 0.523. The number of rotatable bonds is 3. The molecule has 0 spiro atoms. The van der Waals surface area contributed by atoms with Crippen molar-refractivity contribution in [1.29, 1.82) is 0 Å². The fourth-order valence-electron chi connectivity index (χ4n) is 0.815. The average Bonchev–Trinajstić information content (AvgIpc) is 2.42. The molecule has 0 radical (unpaired) electrons. The van der Waals surface area contributed by atoms with E-state index in [4.69, 9.17) is 4.74 Å². The minimum Gasteiger partial charge on any atom is -0.370 e. The molecule has 0 saturated carbocycles. The zero-order valence-electron chi connectivity index (χ0n) is 5.26. The van der Waals surface area contributed by atoms with Gasteiger partial charge in [0.25, 0.3) is 0 Å². The maximum atomic E-state index is 5.17. The molecule has 2 unspecified atom stereocenters. The van der Waals surface area contributed by atoms with Crippen LogP contribution in [-0.4, -0.2) is 12.2 Å². The zero-order chi connectivity index (χ0) is 5.98. The van der Waals surface area contributed by atoms with E-state index in [0.29, 0.717) is 12.2 Å². The van der Waals surface area contributed by atoms with Gasteiger partial charge in [0, 0.05) is 0 Å². The second kappa shape index (κ2) is 2.31. The number of allylic oxidation sites excluding steroid dienone is 1. The van der Waals surface area contributed by atoms with E-state index < -0.39 is 0 Å². The number of hydrogen-bond donors (Lipinski definition) is 0. The predicted octanol–water partition coefficient (Wildman–Crippen LogP) is 1.74. The van der Waals surface area contributed by atoms with Gasteiger partial charge in [-0.2, -0.15) is 0 Å². The third kappa shape index (κ3) is 1.34. The summed E-state index contributed by atoms with van der Waals surface area (Å²) >= 11 is 0. The Balaban J connectivity index is 1.97. The molecule has 1 fully saturated rings. The van der Waals surface area contributed by atoms with E-state index in [1.807, 2.05) is 6.08 Å². The van der Waals surface area contributed by atoms with Crippen molar-refractivity contribution in [1.82, 2.24) is 0 Å². The largest absolute Gasteiger partial charge is 0.370 e. The van der Waals surface area contributed by atoms with E-state index in [1.165, 1.54) is 0 Å². The lowest BCUT2D eigenvalue weighted by Crippen LogP contribution is -1.86. The van der Waals surface area contributed by atoms with Crippen LogP contribution in [0.25, 0.3) is 0 Å². The molecule has 1 aliphatic rings. The lowest BCUT2D eigenvalue weighted by Gasteiger charge is -1.83. The Morgan fingerprint density at radius 1 is 1.75 bits per heavy atom. The summed E-state index contributed by atoms with van der Waals surface area (Å²) in [5.74, 6) is 0. The van der Waals surface area contributed by atoms with E-state index in [2.05, 4.69) is 13.5 Å². The van der Waals surface area contributed by atoms with Crippen molar-refractivity contribution in [3.63, 3.8) is 0 Å². The maximum Gasteiger partial charge on any atom is 0.0842 e. The zero-order valence-corrected chi connectivity index (χ0v) is 5.26. The highest BCUT2D eigenvalue weighted by Crippen LogP contribution is 2.25. The van der Waals surface area contributed by atoms with E-state index in [0.717, 1.165) is 12.8 Å². The van der Waals surface area contributed by atoms with Gasteiger partial charge in [-0.3, -0.25) is 0 Å². The van der Waals surface area contributed by atoms with E-state index in [9.17, 15) is 0 Å². The van der Waals surface area contributed by atoms with Gasteiger partial charge in [-0.05, 0) is 19.8 Å². The minimum absolute atomic E-state index is 0.523. The molecule has 1 heterocycles. The Labute approximate surface area is 50.3 Å². The van der Waals surface area contributed by atoms with Gasteiger partial charge in [-0.15, -0.1) is 6.58 Å². The topological polar surface area (TPSA) is 12.5 Å². The molecule has 1 nitrogen and oxygen atoms in total. The molecule has 1 saturated heterocycles. The van der Waals surface area contributed by atoms with Gasteiger partial charge in [0.1, 0.15) is 0 Å². The van der Waals surface area contributed by atoms with Gasteiger partial charge in [0.05, 0.1) is 12.2 Å². The van der Waals surface area contributed by atoms with Gasteiger partial charge in [0.15, 0.2) is 0 Å². The first-order chi connectivity index (χ1) is 3.84. The van der Waals surface area contributed by atoms with Crippen molar-refractivity contribution in [2.24, 2.45) is 0 Å². The Hall–Kier alpha value is -0.300. The average molecular weight is 112 g/mol. The second-order valence-electron chi connectivity index (χ2n) is 2.25. The van der Waals surface area contributed by atoms with Crippen molar-refractivity contribution in [2.45, 2.75) is 32.0 Å². The normalized spacial score (nSPS) is 34.6. The highest BCUT2D eigenvalue weighted by atomic mass is 16.6. The molecule has 8 heavy (non-hydrogen) atoms. The first kappa shape index (κ1) is 5.83. The van der Waals surface area contributed by atoms with Gasteiger partial charge in [-0.25, -0.2) is 0 Å². The molecule has 1 heteroatoms. The van der Waals surface area contributed by atoms with Crippen LogP contribution in [0.1, 0.15) is 19.8 Å². The number of ether oxygens (including phenoxy) is 1. The van der Waals surface area contributed by atoms with Crippen LogP contribution in [0, 0.1) is 0 Å². The molecule has 0 aliphatic carbocycles. The molecular formula is C7H12O. The predicted molar refractivity (Wildman–Crippen MR) is 33.8 cm³/mol. The summed E-state index contributed by atoms with van der Waals surface area (Å²) in [5, 5.41) is 0. The molecule has 0 aromatic rings. The number of hydrogen-bond acceptors (Lipinski definition) is 1. The van der Waals surface area contributed by atoms with Crippen molar-refractivity contribution in [3.8, 4) is 0 Å². The number of epoxide rings is 1. The van der Waals surface area contributed by atoms with E-state index in [-0.39, 0.29) is 0 Å². The monoisotopic (exact) mass is 112 g/mol. The van der Waals surface area contributed by atoms with Crippen LogP contribution in [0.15, 0.2) is 12.7 Å². The Morgan fingerprint density at radius 3 is 2.75 bits per heavy atom. The molecule has 2 atom stereocenters. The first-order valence-corrected chi connectivity index (χ1v) is 3.11. The third-order valence-corrected chi connectivity index (χ3v) is 1.49. The maximum absolute atomic E-state index is 5.17. The van der Waals surface area contributed by atoms with Gasteiger partial charge in [-0.1, -0.05) is 6.08 Å². The molecule has 1 rings (SSSR count). The summed E-state index contributed by atoms with van der Waals surface area (Å²) < 4.78 is 5.17. The Morgan fingerprint density at radius 2 is 2.38 bits per heavy atom.